The second-order valence-electron chi connectivity index (χ2n) is 8.43. The molecule has 0 saturated carbocycles. The summed E-state index contributed by atoms with van der Waals surface area (Å²) in [6.45, 7) is 10.7. The van der Waals surface area contributed by atoms with E-state index in [1.54, 1.807) is 11.0 Å². The van der Waals surface area contributed by atoms with Gasteiger partial charge in [-0.2, -0.15) is 0 Å². The van der Waals surface area contributed by atoms with Crippen molar-refractivity contribution in [2.75, 3.05) is 17.4 Å². The van der Waals surface area contributed by atoms with Crippen molar-refractivity contribution >= 4 is 33.0 Å². The van der Waals surface area contributed by atoms with Crippen molar-refractivity contribution in [1.29, 1.82) is 0 Å². The number of nitrogens with zero attached hydrogens (tertiary/aromatic N) is 4. The van der Waals surface area contributed by atoms with Crippen LogP contribution in [0.5, 0.6) is 0 Å². The number of aromatic nitrogens is 2. The smallest absolute Gasteiger partial charge is 0.266 e. The van der Waals surface area contributed by atoms with Crippen LogP contribution >= 0.6 is 11.3 Å². The van der Waals surface area contributed by atoms with E-state index < -0.39 is 10.0 Å². The molecule has 0 aliphatic carbocycles. The molecule has 1 unspecified atom stereocenters. The molecule has 0 N–H and O–H groups in total. The summed E-state index contributed by atoms with van der Waals surface area (Å²) in [5.74, 6) is -0.0393. The molecule has 1 aliphatic heterocycles. The van der Waals surface area contributed by atoms with E-state index in [1.807, 2.05) is 70.5 Å². The summed E-state index contributed by atoms with van der Waals surface area (Å²) in [7, 11) is -1.93. The van der Waals surface area contributed by atoms with Crippen LogP contribution in [0.15, 0.2) is 35.2 Å². The molecule has 1 aromatic carbocycles. The number of carbonyl (C=O) groups excluding carboxylic acids is 1. The summed E-state index contributed by atoms with van der Waals surface area (Å²) in [6.07, 6.45) is 0.691. The molecular weight excluding hydrogens is 456 g/mol. The Hall–Kier alpha value is -2.65. The molecule has 1 amide bonds. The van der Waals surface area contributed by atoms with E-state index in [0.29, 0.717) is 46.5 Å². The van der Waals surface area contributed by atoms with Gasteiger partial charge in [-0.3, -0.25) is 9.10 Å². The van der Waals surface area contributed by atoms with E-state index in [9.17, 15) is 13.2 Å². The Morgan fingerprint density at radius 2 is 1.88 bits per heavy atom. The highest BCUT2D eigenvalue weighted by Gasteiger charge is 2.38. The number of fused-ring (bicyclic) bond motifs is 1. The molecular formula is C24H30N4O3S2. The van der Waals surface area contributed by atoms with Gasteiger partial charge in [-0.15, -0.1) is 11.3 Å². The van der Waals surface area contributed by atoms with Crippen LogP contribution in [0, 0.1) is 13.8 Å². The van der Waals surface area contributed by atoms with Crippen LogP contribution in [0.2, 0.25) is 0 Å². The fourth-order valence-electron chi connectivity index (χ4n) is 4.51. The Kier molecular flexibility index (Phi) is 6.13. The topological polar surface area (TPSA) is 75.5 Å². The Bertz CT molecular complexity index is 1320. The third-order valence-corrected chi connectivity index (χ3v) is 9.64. The molecule has 2 aromatic heterocycles. The third-order valence-electron chi connectivity index (χ3n) is 6.43. The summed E-state index contributed by atoms with van der Waals surface area (Å²) in [5, 5.41) is 0.643. The van der Waals surface area contributed by atoms with Gasteiger partial charge in [0.1, 0.15) is 14.8 Å². The maximum Gasteiger partial charge on any atom is 0.266 e. The van der Waals surface area contributed by atoms with Gasteiger partial charge in [-0.25, -0.2) is 13.4 Å². The molecule has 33 heavy (non-hydrogen) atoms. The van der Waals surface area contributed by atoms with Crippen molar-refractivity contribution < 1.29 is 13.2 Å². The van der Waals surface area contributed by atoms with Gasteiger partial charge >= 0.3 is 0 Å². The minimum atomic E-state index is -3.77. The van der Waals surface area contributed by atoms with Crippen molar-refractivity contribution in [1.82, 2.24) is 14.5 Å². The summed E-state index contributed by atoms with van der Waals surface area (Å²) >= 11 is 1.32. The highest BCUT2D eigenvalue weighted by Crippen LogP contribution is 2.39. The van der Waals surface area contributed by atoms with Crippen LogP contribution in [0.25, 0.3) is 10.7 Å². The maximum atomic E-state index is 13.8. The van der Waals surface area contributed by atoms with E-state index in [1.165, 1.54) is 15.6 Å². The van der Waals surface area contributed by atoms with Gasteiger partial charge in [0.05, 0.1) is 17.1 Å². The van der Waals surface area contributed by atoms with E-state index in [-0.39, 0.29) is 16.8 Å². The van der Waals surface area contributed by atoms with Crippen LogP contribution in [0.4, 0.5) is 5.69 Å². The molecule has 0 spiro atoms. The zero-order chi connectivity index (χ0) is 24.1. The predicted octanol–water partition coefficient (Wildman–Crippen LogP) is 4.39. The molecule has 0 bridgehead atoms. The van der Waals surface area contributed by atoms with E-state index in [0.717, 1.165) is 11.3 Å². The predicted molar refractivity (Wildman–Crippen MR) is 133 cm³/mol. The highest BCUT2D eigenvalue weighted by atomic mass is 32.2. The van der Waals surface area contributed by atoms with Crippen LogP contribution in [0.1, 0.15) is 47.4 Å². The van der Waals surface area contributed by atoms with Gasteiger partial charge in [0, 0.05) is 31.9 Å². The second kappa shape index (κ2) is 8.61. The lowest BCUT2D eigenvalue weighted by atomic mass is 10.1. The summed E-state index contributed by atoms with van der Waals surface area (Å²) in [4.78, 5) is 20.2. The number of hydrogen-bond donors (Lipinski definition) is 0. The lowest BCUT2D eigenvalue weighted by Gasteiger charge is -2.24. The first-order valence-corrected chi connectivity index (χ1v) is 13.4. The number of carbonyl (C=O) groups is 1. The van der Waals surface area contributed by atoms with E-state index in [4.69, 9.17) is 0 Å². The van der Waals surface area contributed by atoms with Gasteiger partial charge < -0.3 is 9.47 Å². The van der Waals surface area contributed by atoms with Crippen molar-refractivity contribution in [3.8, 4) is 10.7 Å². The minimum absolute atomic E-state index is 0.0393. The Balaban J connectivity index is 1.77. The molecule has 3 aromatic rings. The maximum absolute atomic E-state index is 13.8. The van der Waals surface area contributed by atoms with Gasteiger partial charge in [0.2, 0.25) is 0 Å². The molecule has 0 fully saturated rings. The number of anilines is 1. The largest absolute Gasteiger partial charge is 0.345 e. The average molecular weight is 487 g/mol. The normalized spacial score (nSPS) is 15.7. The van der Waals surface area contributed by atoms with Crippen LogP contribution in [-0.4, -0.2) is 47.9 Å². The third kappa shape index (κ3) is 3.77. The number of thiazole rings is 1. The number of benzene rings is 1. The first-order valence-electron chi connectivity index (χ1n) is 11.2. The summed E-state index contributed by atoms with van der Waals surface area (Å²) in [6, 6.07) is 9.20. The van der Waals surface area contributed by atoms with Crippen molar-refractivity contribution in [2.24, 2.45) is 7.05 Å². The molecule has 1 atom stereocenters. The molecule has 7 nitrogen and oxygen atoms in total. The number of aryl methyl sites for hydroxylation is 1. The minimum Gasteiger partial charge on any atom is -0.345 e. The molecule has 0 saturated heterocycles. The number of amides is 1. The van der Waals surface area contributed by atoms with Crippen LogP contribution in [0.3, 0.4) is 0 Å². The monoisotopic (exact) mass is 486 g/mol. The SMILES string of the molecule is CCN(CC)C(=O)c1sc(-c2cc(S(=O)(=O)N3c4ccccc4CC3C)c(C)n2C)nc1C. The number of rotatable bonds is 6. The van der Waals surface area contributed by atoms with Crippen molar-refractivity contribution in [2.45, 2.75) is 52.0 Å². The van der Waals surface area contributed by atoms with E-state index in [2.05, 4.69) is 4.98 Å². The standard InChI is InChI=1S/C24H30N4O3S2/c1-7-27(8-2)24(29)22-16(4)25-23(32-22)20-14-21(17(5)26(20)6)33(30,31)28-15(3)13-18-11-9-10-12-19(18)28/h9-12,14-15H,7-8,13H2,1-6H3. The first-order chi connectivity index (χ1) is 15.6. The average Bonchev–Trinajstić information content (AvgIpc) is 3.42. The zero-order valence-electron chi connectivity index (χ0n) is 19.9. The fourth-order valence-corrected chi connectivity index (χ4v) is 7.56. The molecule has 4 rings (SSSR count). The number of hydrogen-bond acceptors (Lipinski definition) is 5. The Morgan fingerprint density at radius 3 is 2.55 bits per heavy atom. The Labute approximate surface area is 199 Å². The Morgan fingerprint density at radius 1 is 1.21 bits per heavy atom. The molecule has 3 heterocycles. The second-order valence-corrected chi connectivity index (χ2v) is 11.2. The lowest BCUT2D eigenvalue weighted by Crippen LogP contribution is -2.35. The zero-order valence-corrected chi connectivity index (χ0v) is 21.5. The number of para-hydroxylation sites is 1. The van der Waals surface area contributed by atoms with E-state index >= 15 is 0 Å². The molecule has 176 valence electrons. The highest BCUT2D eigenvalue weighted by molar-refractivity contribution is 7.93. The van der Waals surface area contributed by atoms with Crippen LogP contribution in [-0.2, 0) is 23.5 Å². The summed E-state index contributed by atoms with van der Waals surface area (Å²) < 4.78 is 31.0. The van der Waals surface area contributed by atoms with Gasteiger partial charge in [-0.1, -0.05) is 18.2 Å². The molecule has 1 aliphatic rings. The quantitative estimate of drug-likeness (QED) is 0.518. The van der Waals surface area contributed by atoms with Crippen LogP contribution < -0.4 is 4.31 Å². The summed E-state index contributed by atoms with van der Waals surface area (Å²) in [5.41, 5.74) is 3.78. The fraction of sp³-hybridized carbons (Fsp3) is 0.417. The number of sulfonamides is 1. The molecule has 0 radical (unpaired) electrons. The van der Waals surface area contributed by atoms with Crippen molar-refractivity contribution in [3.63, 3.8) is 0 Å². The lowest BCUT2D eigenvalue weighted by molar-refractivity contribution is 0.0777. The molecule has 9 heteroatoms. The van der Waals surface area contributed by atoms with Gasteiger partial charge in [-0.05, 0) is 58.7 Å². The van der Waals surface area contributed by atoms with Gasteiger partial charge in [0.15, 0.2) is 0 Å². The first kappa shape index (κ1) is 23.5. The van der Waals surface area contributed by atoms with Gasteiger partial charge in [0.25, 0.3) is 15.9 Å². The van der Waals surface area contributed by atoms with Crippen molar-refractivity contribution in [3.05, 3.63) is 52.2 Å².